The highest BCUT2D eigenvalue weighted by Crippen LogP contribution is 2.26. The molecule has 0 N–H and O–H groups in total. The van der Waals surface area contributed by atoms with E-state index in [2.05, 4.69) is 65.4 Å². The molecule has 0 atom stereocenters. The van der Waals surface area contributed by atoms with Gasteiger partial charge < -0.3 is 0 Å². The molecule has 1 aromatic heterocycles. The van der Waals surface area contributed by atoms with E-state index >= 15 is 0 Å². The standard InChI is InChI=1S/C19H19N3S/c1-13(2)23-19-20-14(3)18(21-22-19)17-11-9-16(10-12-17)15-7-5-4-6-8-15/h4-13H,1-3H3. The van der Waals surface area contributed by atoms with Crippen molar-refractivity contribution in [2.45, 2.75) is 31.2 Å². The van der Waals surface area contributed by atoms with Crippen LogP contribution in [0.4, 0.5) is 0 Å². The van der Waals surface area contributed by atoms with E-state index in [9.17, 15) is 0 Å². The molecule has 116 valence electrons. The first-order chi connectivity index (χ1) is 11.1. The van der Waals surface area contributed by atoms with Crippen molar-refractivity contribution >= 4 is 11.8 Å². The molecule has 0 aliphatic heterocycles. The Balaban J connectivity index is 1.88. The van der Waals surface area contributed by atoms with Gasteiger partial charge in [-0.15, -0.1) is 10.2 Å². The van der Waals surface area contributed by atoms with Gasteiger partial charge in [0, 0.05) is 10.8 Å². The van der Waals surface area contributed by atoms with Gasteiger partial charge >= 0.3 is 0 Å². The van der Waals surface area contributed by atoms with Crippen molar-refractivity contribution in [1.82, 2.24) is 15.2 Å². The number of nitrogens with zero attached hydrogens (tertiary/aromatic N) is 3. The first-order valence-electron chi connectivity index (χ1n) is 7.67. The van der Waals surface area contributed by atoms with Crippen LogP contribution in [-0.4, -0.2) is 20.4 Å². The summed E-state index contributed by atoms with van der Waals surface area (Å²) in [4.78, 5) is 4.56. The van der Waals surface area contributed by atoms with Crippen molar-refractivity contribution in [3.63, 3.8) is 0 Å². The van der Waals surface area contributed by atoms with Crippen molar-refractivity contribution in [2.75, 3.05) is 0 Å². The highest BCUT2D eigenvalue weighted by atomic mass is 32.2. The van der Waals surface area contributed by atoms with Gasteiger partial charge in [-0.2, -0.15) is 0 Å². The third-order valence-electron chi connectivity index (χ3n) is 3.45. The van der Waals surface area contributed by atoms with E-state index in [-0.39, 0.29) is 0 Å². The first-order valence-corrected chi connectivity index (χ1v) is 8.55. The van der Waals surface area contributed by atoms with Crippen LogP contribution in [0, 0.1) is 6.92 Å². The summed E-state index contributed by atoms with van der Waals surface area (Å²) < 4.78 is 0. The summed E-state index contributed by atoms with van der Waals surface area (Å²) in [5.74, 6) is 0. The third kappa shape index (κ3) is 3.77. The second kappa shape index (κ2) is 6.92. The van der Waals surface area contributed by atoms with Crippen molar-refractivity contribution < 1.29 is 0 Å². The highest BCUT2D eigenvalue weighted by Gasteiger charge is 2.09. The lowest BCUT2D eigenvalue weighted by Gasteiger charge is -2.08. The van der Waals surface area contributed by atoms with Gasteiger partial charge in [0.15, 0.2) is 0 Å². The fourth-order valence-corrected chi connectivity index (χ4v) is 3.06. The number of thioether (sulfide) groups is 1. The summed E-state index contributed by atoms with van der Waals surface area (Å²) in [6.07, 6.45) is 0. The molecule has 0 bridgehead atoms. The van der Waals surface area contributed by atoms with Crippen LogP contribution in [0.2, 0.25) is 0 Å². The Morgan fingerprint density at radius 3 is 2.00 bits per heavy atom. The molecule has 3 rings (SSSR count). The Labute approximate surface area is 141 Å². The van der Waals surface area contributed by atoms with E-state index in [1.165, 1.54) is 11.1 Å². The number of hydrogen-bond donors (Lipinski definition) is 0. The molecule has 0 saturated carbocycles. The fraction of sp³-hybridized carbons (Fsp3) is 0.211. The summed E-state index contributed by atoms with van der Waals surface area (Å²) in [5, 5.41) is 9.80. The van der Waals surface area contributed by atoms with E-state index in [0.717, 1.165) is 22.1 Å². The number of rotatable bonds is 4. The van der Waals surface area contributed by atoms with Gasteiger partial charge in [0.2, 0.25) is 5.16 Å². The van der Waals surface area contributed by atoms with Crippen LogP contribution in [0.25, 0.3) is 22.4 Å². The first kappa shape index (κ1) is 15.7. The Bertz CT molecular complexity index is 783. The lowest BCUT2D eigenvalue weighted by Crippen LogP contribution is -2.00. The maximum atomic E-state index is 4.56. The molecule has 3 nitrogen and oxygen atoms in total. The van der Waals surface area contributed by atoms with Crippen molar-refractivity contribution in [3.05, 3.63) is 60.3 Å². The van der Waals surface area contributed by atoms with E-state index in [0.29, 0.717) is 5.25 Å². The van der Waals surface area contributed by atoms with Crippen molar-refractivity contribution in [2.24, 2.45) is 0 Å². The Morgan fingerprint density at radius 2 is 1.39 bits per heavy atom. The zero-order valence-corrected chi connectivity index (χ0v) is 14.3. The summed E-state index contributed by atoms with van der Waals surface area (Å²) in [6, 6.07) is 18.7. The van der Waals surface area contributed by atoms with Crippen LogP contribution >= 0.6 is 11.8 Å². The van der Waals surface area contributed by atoms with E-state index in [1.54, 1.807) is 11.8 Å². The maximum absolute atomic E-state index is 4.56. The zero-order valence-electron chi connectivity index (χ0n) is 13.5. The van der Waals surface area contributed by atoms with Crippen LogP contribution in [0.5, 0.6) is 0 Å². The number of hydrogen-bond acceptors (Lipinski definition) is 4. The average molecular weight is 321 g/mol. The van der Waals surface area contributed by atoms with E-state index in [4.69, 9.17) is 0 Å². The molecule has 0 aliphatic rings. The predicted molar refractivity (Wildman–Crippen MR) is 96.4 cm³/mol. The Kier molecular flexibility index (Phi) is 4.72. The van der Waals surface area contributed by atoms with E-state index in [1.807, 2.05) is 25.1 Å². The normalized spacial score (nSPS) is 11.0. The predicted octanol–water partition coefficient (Wildman–Crippen LogP) is 5.01. The van der Waals surface area contributed by atoms with Gasteiger partial charge in [-0.25, -0.2) is 4.98 Å². The van der Waals surface area contributed by atoms with Gasteiger partial charge in [-0.3, -0.25) is 0 Å². The summed E-state index contributed by atoms with van der Waals surface area (Å²) >= 11 is 1.63. The highest BCUT2D eigenvalue weighted by molar-refractivity contribution is 7.99. The monoisotopic (exact) mass is 321 g/mol. The van der Waals surface area contributed by atoms with Gasteiger partial charge in [0.25, 0.3) is 0 Å². The SMILES string of the molecule is Cc1nc(SC(C)C)nnc1-c1ccc(-c2ccccc2)cc1. The van der Waals surface area contributed by atoms with Crippen molar-refractivity contribution in [1.29, 1.82) is 0 Å². The van der Waals surface area contributed by atoms with E-state index < -0.39 is 0 Å². The Hall–Kier alpha value is -2.20. The Morgan fingerprint density at radius 1 is 0.783 bits per heavy atom. The quantitative estimate of drug-likeness (QED) is 0.633. The number of aromatic nitrogens is 3. The summed E-state index contributed by atoms with van der Waals surface area (Å²) in [5.41, 5.74) is 5.21. The molecule has 0 unspecified atom stereocenters. The molecule has 0 aliphatic carbocycles. The maximum Gasteiger partial charge on any atom is 0.209 e. The largest absolute Gasteiger partial charge is 0.224 e. The average Bonchev–Trinajstić information content (AvgIpc) is 2.55. The number of benzene rings is 2. The third-order valence-corrected chi connectivity index (χ3v) is 4.30. The van der Waals surface area contributed by atoms with Crippen LogP contribution in [0.3, 0.4) is 0 Å². The molecule has 0 spiro atoms. The van der Waals surface area contributed by atoms with Gasteiger partial charge in [-0.1, -0.05) is 80.2 Å². The smallest absolute Gasteiger partial charge is 0.209 e. The summed E-state index contributed by atoms with van der Waals surface area (Å²) in [7, 11) is 0. The second-order valence-corrected chi connectivity index (χ2v) is 7.18. The van der Waals surface area contributed by atoms with Gasteiger partial charge in [-0.05, 0) is 18.1 Å². The lowest BCUT2D eigenvalue weighted by atomic mass is 10.0. The molecule has 23 heavy (non-hydrogen) atoms. The molecule has 0 radical (unpaired) electrons. The zero-order chi connectivity index (χ0) is 16.2. The van der Waals surface area contributed by atoms with Crippen LogP contribution in [0.15, 0.2) is 59.8 Å². The van der Waals surface area contributed by atoms with Crippen LogP contribution in [-0.2, 0) is 0 Å². The molecule has 3 aromatic rings. The molecular formula is C19H19N3S. The minimum absolute atomic E-state index is 0.451. The molecular weight excluding hydrogens is 302 g/mol. The van der Waals surface area contributed by atoms with Crippen LogP contribution in [0.1, 0.15) is 19.5 Å². The molecule has 4 heteroatoms. The van der Waals surface area contributed by atoms with Crippen LogP contribution < -0.4 is 0 Å². The molecule has 0 amide bonds. The number of aryl methyl sites for hydroxylation is 1. The molecule has 0 fully saturated rings. The fourth-order valence-electron chi connectivity index (χ4n) is 2.36. The topological polar surface area (TPSA) is 38.7 Å². The molecule has 2 aromatic carbocycles. The van der Waals surface area contributed by atoms with Gasteiger partial charge in [0.05, 0.1) is 5.69 Å². The second-order valence-electron chi connectivity index (χ2n) is 5.64. The summed E-state index contributed by atoms with van der Waals surface area (Å²) in [6.45, 7) is 6.23. The minimum Gasteiger partial charge on any atom is -0.224 e. The molecule has 1 heterocycles. The minimum atomic E-state index is 0.451. The van der Waals surface area contributed by atoms with Gasteiger partial charge in [0.1, 0.15) is 5.69 Å². The molecule has 0 saturated heterocycles. The van der Waals surface area contributed by atoms with Crippen molar-refractivity contribution in [3.8, 4) is 22.4 Å². The lowest BCUT2D eigenvalue weighted by molar-refractivity contribution is 0.819.